The summed E-state index contributed by atoms with van der Waals surface area (Å²) in [6, 6.07) is 5.57. The number of nitrogens with two attached hydrogens (primary N) is 1. The Morgan fingerprint density at radius 1 is 1.47 bits per heavy atom. The van der Waals surface area contributed by atoms with Crippen molar-refractivity contribution in [2.24, 2.45) is 5.92 Å². The lowest BCUT2D eigenvalue weighted by molar-refractivity contribution is 0.0969. The second-order valence-electron chi connectivity index (χ2n) is 3.97. The minimum atomic E-state index is 0.230. The fourth-order valence-corrected chi connectivity index (χ4v) is 1.85. The molecule has 1 aliphatic carbocycles. The summed E-state index contributed by atoms with van der Waals surface area (Å²) < 4.78 is 0. The Bertz CT molecular complexity index is 540. The first-order valence-electron chi connectivity index (χ1n) is 5.03. The van der Waals surface area contributed by atoms with Crippen LogP contribution >= 0.6 is 0 Å². The van der Waals surface area contributed by atoms with Gasteiger partial charge in [0.15, 0.2) is 5.78 Å². The van der Waals surface area contributed by atoms with E-state index in [1.165, 1.54) is 4.79 Å². The first-order valence-corrected chi connectivity index (χ1v) is 5.03. The maximum Gasteiger partial charge on any atom is 0.166 e. The molecule has 0 spiro atoms. The molecule has 1 heterocycles. The predicted molar refractivity (Wildman–Crippen MR) is 56.9 cm³/mol. The second kappa shape index (κ2) is 2.82. The number of ketones is 1. The molecule has 15 heavy (non-hydrogen) atoms. The summed E-state index contributed by atoms with van der Waals surface area (Å²) >= 11 is 0. The number of nitrogens with zero attached hydrogens (tertiary/aromatic N) is 2. The number of carbonyl (C=O) groups is 1. The molecule has 4 nitrogen and oxygen atoms in total. The largest absolute Gasteiger partial charge is 0.323 e. The van der Waals surface area contributed by atoms with Crippen molar-refractivity contribution in [2.45, 2.75) is 12.8 Å². The van der Waals surface area contributed by atoms with Crippen LogP contribution in [0.1, 0.15) is 23.2 Å². The smallest absolute Gasteiger partial charge is 0.166 e. The number of nitrogen functional groups attached to an aromatic ring is 1. The SMILES string of the molecule is Nn1ncc2c(C(=O)C3CC3)cccc21. The lowest BCUT2D eigenvalue weighted by Crippen LogP contribution is -2.09. The zero-order valence-corrected chi connectivity index (χ0v) is 8.18. The highest BCUT2D eigenvalue weighted by molar-refractivity contribution is 6.09. The zero-order chi connectivity index (χ0) is 10.4. The first kappa shape index (κ1) is 8.47. The molecule has 1 fully saturated rings. The summed E-state index contributed by atoms with van der Waals surface area (Å²) in [5.41, 5.74) is 1.56. The third kappa shape index (κ3) is 1.21. The minimum Gasteiger partial charge on any atom is -0.323 e. The normalized spacial score (nSPS) is 15.7. The topological polar surface area (TPSA) is 60.9 Å². The number of carbonyl (C=O) groups excluding carboxylic acids is 1. The molecule has 2 N–H and O–H groups in total. The van der Waals surface area contributed by atoms with Gasteiger partial charge in [-0.15, -0.1) is 0 Å². The highest BCUT2D eigenvalue weighted by Crippen LogP contribution is 2.34. The van der Waals surface area contributed by atoms with Crippen LogP contribution in [-0.2, 0) is 0 Å². The number of Topliss-reactive ketones (excluding diaryl/α,β-unsaturated/α-hetero) is 1. The molecule has 0 amide bonds. The van der Waals surface area contributed by atoms with Gasteiger partial charge < -0.3 is 5.84 Å². The van der Waals surface area contributed by atoms with Crippen LogP contribution in [0.5, 0.6) is 0 Å². The fourth-order valence-electron chi connectivity index (χ4n) is 1.85. The van der Waals surface area contributed by atoms with Crippen LogP contribution in [-0.4, -0.2) is 15.7 Å². The highest BCUT2D eigenvalue weighted by Gasteiger charge is 2.31. The van der Waals surface area contributed by atoms with E-state index in [0.29, 0.717) is 0 Å². The van der Waals surface area contributed by atoms with E-state index in [0.717, 1.165) is 29.3 Å². The van der Waals surface area contributed by atoms with Gasteiger partial charge in [-0.25, -0.2) is 0 Å². The quantitative estimate of drug-likeness (QED) is 0.589. The number of aromatic nitrogens is 2. The first-order chi connectivity index (χ1) is 7.27. The summed E-state index contributed by atoms with van der Waals surface area (Å²) in [7, 11) is 0. The lowest BCUT2D eigenvalue weighted by atomic mass is 10.0. The van der Waals surface area contributed by atoms with Crippen molar-refractivity contribution in [3.63, 3.8) is 0 Å². The molecule has 0 unspecified atom stereocenters. The summed E-state index contributed by atoms with van der Waals surface area (Å²) in [4.78, 5) is 13.3. The van der Waals surface area contributed by atoms with Crippen LogP contribution in [0.3, 0.4) is 0 Å². The van der Waals surface area contributed by atoms with Crippen molar-refractivity contribution >= 4 is 16.7 Å². The summed E-state index contributed by atoms with van der Waals surface area (Å²) in [6.45, 7) is 0. The Labute approximate surface area is 86.6 Å². The summed E-state index contributed by atoms with van der Waals surface area (Å²) in [5.74, 6) is 6.09. The van der Waals surface area contributed by atoms with Gasteiger partial charge in [-0.3, -0.25) is 4.79 Å². The Morgan fingerprint density at radius 3 is 3.00 bits per heavy atom. The van der Waals surface area contributed by atoms with Crippen LogP contribution < -0.4 is 5.84 Å². The molecular weight excluding hydrogens is 190 g/mol. The highest BCUT2D eigenvalue weighted by atomic mass is 16.1. The van der Waals surface area contributed by atoms with E-state index in [1.807, 2.05) is 18.2 Å². The zero-order valence-electron chi connectivity index (χ0n) is 8.18. The molecule has 3 rings (SSSR count). The van der Waals surface area contributed by atoms with E-state index in [1.54, 1.807) is 6.20 Å². The van der Waals surface area contributed by atoms with E-state index in [-0.39, 0.29) is 11.7 Å². The van der Waals surface area contributed by atoms with Crippen LogP contribution in [0, 0.1) is 5.92 Å². The molecule has 1 aromatic carbocycles. The number of fused-ring (bicyclic) bond motifs is 1. The minimum absolute atomic E-state index is 0.230. The van der Waals surface area contributed by atoms with Gasteiger partial charge in [-0.05, 0) is 18.9 Å². The summed E-state index contributed by atoms with van der Waals surface area (Å²) in [5, 5.41) is 4.82. The molecular formula is C11H11N3O. The lowest BCUT2D eigenvalue weighted by Gasteiger charge is -2.00. The van der Waals surface area contributed by atoms with Gasteiger partial charge in [0, 0.05) is 16.9 Å². The number of benzene rings is 1. The molecule has 1 aliphatic rings. The number of hydrogen-bond donors (Lipinski definition) is 1. The van der Waals surface area contributed by atoms with Gasteiger partial charge >= 0.3 is 0 Å². The Hall–Kier alpha value is -1.84. The van der Waals surface area contributed by atoms with Crippen LogP contribution in [0.4, 0.5) is 0 Å². The van der Waals surface area contributed by atoms with Crippen molar-refractivity contribution < 1.29 is 4.79 Å². The van der Waals surface area contributed by atoms with Crippen molar-refractivity contribution in [1.29, 1.82) is 0 Å². The number of rotatable bonds is 2. The molecule has 1 aromatic heterocycles. The third-order valence-electron chi connectivity index (χ3n) is 2.85. The fraction of sp³-hybridized carbons (Fsp3) is 0.273. The Kier molecular flexibility index (Phi) is 1.59. The van der Waals surface area contributed by atoms with Gasteiger partial charge in [0.25, 0.3) is 0 Å². The molecule has 0 saturated heterocycles. The van der Waals surface area contributed by atoms with Crippen LogP contribution in [0.2, 0.25) is 0 Å². The average Bonchev–Trinajstić information content (AvgIpc) is 3.03. The molecule has 0 radical (unpaired) electrons. The van der Waals surface area contributed by atoms with E-state index in [9.17, 15) is 4.79 Å². The van der Waals surface area contributed by atoms with Crippen LogP contribution in [0.25, 0.3) is 10.9 Å². The van der Waals surface area contributed by atoms with E-state index in [2.05, 4.69) is 5.10 Å². The predicted octanol–water partition coefficient (Wildman–Crippen LogP) is 1.34. The number of hydrogen-bond acceptors (Lipinski definition) is 3. The van der Waals surface area contributed by atoms with Gasteiger partial charge in [0.05, 0.1) is 11.7 Å². The van der Waals surface area contributed by atoms with E-state index < -0.39 is 0 Å². The van der Waals surface area contributed by atoms with Crippen molar-refractivity contribution in [3.05, 3.63) is 30.0 Å². The van der Waals surface area contributed by atoms with Gasteiger partial charge in [-0.2, -0.15) is 9.89 Å². The molecule has 0 bridgehead atoms. The van der Waals surface area contributed by atoms with Crippen molar-refractivity contribution in [3.8, 4) is 0 Å². The Balaban J connectivity index is 2.21. The average molecular weight is 201 g/mol. The molecule has 2 aromatic rings. The maximum atomic E-state index is 12.0. The molecule has 76 valence electrons. The molecule has 4 heteroatoms. The molecule has 0 atom stereocenters. The Morgan fingerprint density at radius 2 is 2.27 bits per heavy atom. The maximum absolute atomic E-state index is 12.0. The van der Waals surface area contributed by atoms with Crippen molar-refractivity contribution in [2.75, 3.05) is 5.84 Å². The van der Waals surface area contributed by atoms with Gasteiger partial charge in [-0.1, -0.05) is 12.1 Å². The van der Waals surface area contributed by atoms with E-state index in [4.69, 9.17) is 5.84 Å². The van der Waals surface area contributed by atoms with Crippen molar-refractivity contribution in [1.82, 2.24) is 9.89 Å². The monoisotopic (exact) mass is 201 g/mol. The molecule has 1 saturated carbocycles. The third-order valence-corrected chi connectivity index (χ3v) is 2.85. The van der Waals surface area contributed by atoms with Gasteiger partial charge in [0.2, 0.25) is 0 Å². The standard InChI is InChI=1S/C11H11N3O/c12-14-10-3-1-2-8(9(10)6-13-14)11(15)7-4-5-7/h1-3,6-7H,4-5,12H2. The van der Waals surface area contributed by atoms with E-state index >= 15 is 0 Å². The van der Waals surface area contributed by atoms with Gasteiger partial charge in [0.1, 0.15) is 0 Å². The second-order valence-corrected chi connectivity index (χ2v) is 3.97. The molecule has 0 aliphatic heterocycles. The summed E-state index contributed by atoms with van der Waals surface area (Å²) in [6.07, 6.45) is 3.70. The van der Waals surface area contributed by atoms with Crippen LogP contribution in [0.15, 0.2) is 24.4 Å².